The van der Waals surface area contributed by atoms with E-state index < -0.39 is 0 Å². The minimum Gasteiger partial charge on any atom is -0.348 e. The molecule has 0 atom stereocenters. The number of carbonyl (C=O) groups excluding carboxylic acids is 1. The van der Waals surface area contributed by atoms with Crippen molar-refractivity contribution in [3.05, 3.63) is 76.3 Å². The summed E-state index contributed by atoms with van der Waals surface area (Å²) in [6, 6.07) is 15.7. The van der Waals surface area contributed by atoms with Gasteiger partial charge in [-0.1, -0.05) is 68.8 Å². The van der Waals surface area contributed by atoms with Crippen LogP contribution in [0.5, 0.6) is 0 Å². The molecule has 0 saturated carbocycles. The highest BCUT2D eigenvalue weighted by Gasteiger charge is 2.12. The summed E-state index contributed by atoms with van der Waals surface area (Å²) in [5, 5.41) is 3.54. The van der Waals surface area contributed by atoms with E-state index in [1.807, 2.05) is 18.2 Å². The number of hydrogen-bond acceptors (Lipinski definition) is 1. The van der Waals surface area contributed by atoms with Gasteiger partial charge in [0.25, 0.3) is 0 Å². The van der Waals surface area contributed by atoms with Crippen molar-refractivity contribution in [2.75, 3.05) is 0 Å². The Balaban J connectivity index is 1.89. The Hall–Kier alpha value is -2.06. The van der Waals surface area contributed by atoms with Gasteiger partial charge in [-0.05, 0) is 40.3 Å². The summed E-state index contributed by atoms with van der Waals surface area (Å²) in [5.74, 6) is -0.120. The zero-order valence-electron chi connectivity index (χ0n) is 13.8. The minimum absolute atomic E-state index is 0.120. The Morgan fingerprint density at radius 3 is 2.43 bits per heavy atom. The van der Waals surface area contributed by atoms with Gasteiger partial charge in [0.1, 0.15) is 0 Å². The fourth-order valence-corrected chi connectivity index (χ4v) is 2.35. The SMILES string of the molecule is CC(C)(C)c1ccc(CNC(=O)C=Cc2cccc(Cl)c2)cc1. The van der Waals surface area contributed by atoms with E-state index in [2.05, 4.69) is 50.4 Å². The second kappa shape index (κ2) is 7.47. The van der Waals surface area contributed by atoms with Crippen LogP contribution in [0.2, 0.25) is 5.02 Å². The molecule has 2 rings (SSSR count). The van der Waals surface area contributed by atoms with Gasteiger partial charge in [-0.25, -0.2) is 0 Å². The molecule has 0 aliphatic heterocycles. The highest BCUT2D eigenvalue weighted by molar-refractivity contribution is 6.30. The lowest BCUT2D eigenvalue weighted by atomic mass is 9.87. The molecule has 0 unspecified atom stereocenters. The molecule has 0 saturated heterocycles. The number of carbonyl (C=O) groups is 1. The number of benzene rings is 2. The molecular formula is C20H22ClNO. The molecule has 2 nitrogen and oxygen atoms in total. The third kappa shape index (κ3) is 5.57. The minimum atomic E-state index is -0.120. The Morgan fingerprint density at radius 1 is 1.13 bits per heavy atom. The van der Waals surface area contributed by atoms with Gasteiger partial charge >= 0.3 is 0 Å². The van der Waals surface area contributed by atoms with Gasteiger partial charge in [-0.15, -0.1) is 0 Å². The van der Waals surface area contributed by atoms with Crippen molar-refractivity contribution in [1.29, 1.82) is 0 Å². The van der Waals surface area contributed by atoms with Crippen molar-refractivity contribution in [2.45, 2.75) is 32.7 Å². The second-order valence-corrected chi connectivity index (χ2v) is 6.99. The maximum Gasteiger partial charge on any atom is 0.244 e. The number of hydrogen-bond donors (Lipinski definition) is 1. The third-order valence-electron chi connectivity index (χ3n) is 3.56. The monoisotopic (exact) mass is 327 g/mol. The lowest BCUT2D eigenvalue weighted by Crippen LogP contribution is -2.20. The zero-order chi connectivity index (χ0) is 16.9. The largest absolute Gasteiger partial charge is 0.348 e. The van der Waals surface area contributed by atoms with Crippen molar-refractivity contribution >= 4 is 23.6 Å². The van der Waals surface area contributed by atoms with Crippen LogP contribution < -0.4 is 5.32 Å². The van der Waals surface area contributed by atoms with E-state index in [0.29, 0.717) is 11.6 Å². The first-order chi connectivity index (χ1) is 10.8. The Morgan fingerprint density at radius 2 is 1.83 bits per heavy atom. The molecule has 3 heteroatoms. The Labute approximate surface area is 143 Å². The first-order valence-electron chi connectivity index (χ1n) is 7.65. The van der Waals surface area contributed by atoms with Crippen molar-refractivity contribution in [3.8, 4) is 0 Å². The predicted molar refractivity (Wildman–Crippen MR) is 97.5 cm³/mol. The smallest absolute Gasteiger partial charge is 0.244 e. The average Bonchev–Trinajstić information content (AvgIpc) is 2.50. The molecule has 0 fully saturated rings. The van der Waals surface area contributed by atoms with E-state index in [-0.39, 0.29) is 11.3 Å². The summed E-state index contributed by atoms with van der Waals surface area (Å²) >= 11 is 5.91. The average molecular weight is 328 g/mol. The van der Waals surface area contributed by atoms with Crippen molar-refractivity contribution in [1.82, 2.24) is 5.32 Å². The molecule has 0 radical (unpaired) electrons. The van der Waals surface area contributed by atoms with Crippen LogP contribution in [0.1, 0.15) is 37.5 Å². The molecule has 1 N–H and O–H groups in total. The Kier molecular flexibility index (Phi) is 5.62. The molecule has 23 heavy (non-hydrogen) atoms. The van der Waals surface area contributed by atoms with Crippen LogP contribution in [0.25, 0.3) is 6.08 Å². The molecule has 2 aromatic rings. The molecule has 0 aliphatic carbocycles. The van der Waals surface area contributed by atoms with Crippen molar-refractivity contribution < 1.29 is 4.79 Å². The molecular weight excluding hydrogens is 306 g/mol. The second-order valence-electron chi connectivity index (χ2n) is 6.55. The van der Waals surface area contributed by atoms with E-state index >= 15 is 0 Å². The van der Waals surface area contributed by atoms with Gasteiger partial charge in [-0.3, -0.25) is 4.79 Å². The molecule has 0 aliphatic rings. The van der Waals surface area contributed by atoms with Crippen LogP contribution in [0.4, 0.5) is 0 Å². The lowest BCUT2D eigenvalue weighted by Gasteiger charge is -2.19. The number of halogens is 1. The number of nitrogens with one attached hydrogen (secondary N) is 1. The van der Waals surface area contributed by atoms with Crippen LogP contribution in [0.3, 0.4) is 0 Å². The normalized spacial score (nSPS) is 11.7. The molecule has 0 spiro atoms. The van der Waals surface area contributed by atoms with Gasteiger partial charge in [-0.2, -0.15) is 0 Å². The lowest BCUT2D eigenvalue weighted by molar-refractivity contribution is -0.116. The van der Waals surface area contributed by atoms with E-state index in [0.717, 1.165) is 11.1 Å². The summed E-state index contributed by atoms with van der Waals surface area (Å²) in [5.41, 5.74) is 3.42. The van der Waals surface area contributed by atoms with Crippen LogP contribution in [0, 0.1) is 0 Å². The summed E-state index contributed by atoms with van der Waals surface area (Å²) in [4.78, 5) is 11.9. The van der Waals surface area contributed by atoms with Gasteiger partial charge in [0.2, 0.25) is 5.91 Å². The van der Waals surface area contributed by atoms with E-state index in [1.165, 1.54) is 11.6 Å². The number of amides is 1. The standard InChI is InChI=1S/C20H22ClNO/c1-20(2,3)17-10-7-16(8-11-17)14-22-19(23)12-9-15-5-4-6-18(21)13-15/h4-13H,14H2,1-3H3,(H,22,23). The van der Waals surface area contributed by atoms with Crippen LogP contribution in [-0.4, -0.2) is 5.91 Å². The molecule has 0 bridgehead atoms. The summed E-state index contributed by atoms with van der Waals surface area (Å²) in [7, 11) is 0. The fourth-order valence-electron chi connectivity index (χ4n) is 2.15. The molecule has 0 aromatic heterocycles. The van der Waals surface area contributed by atoms with E-state index in [4.69, 9.17) is 11.6 Å². The molecule has 2 aromatic carbocycles. The quantitative estimate of drug-likeness (QED) is 0.789. The predicted octanol–water partition coefficient (Wildman–Crippen LogP) is 4.97. The fraction of sp³-hybridized carbons (Fsp3) is 0.250. The van der Waals surface area contributed by atoms with Gasteiger partial charge < -0.3 is 5.32 Å². The maximum atomic E-state index is 11.9. The van der Waals surface area contributed by atoms with Crippen molar-refractivity contribution in [2.24, 2.45) is 0 Å². The zero-order valence-corrected chi connectivity index (χ0v) is 14.5. The topological polar surface area (TPSA) is 29.1 Å². The Bertz CT molecular complexity index is 696. The van der Waals surface area contributed by atoms with Crippen molar-refractivity contribution in [3.63, 3.8) is 0 Å². The molecule has 120 valence electrons. The summed E-state index contributed by atoms with van der Waals surface area (Å²) in [6.07, 6.45) is 3.28. The first kappa shape index (κ1) is 17.3. The van der Waals surface area contributed by atoms with E-state index in [1.54, 1.807) is 12.1 Å². The highest BCUT2D eigenvalue weighted by atomic mass is 35.5. The summed E-state index contributed by atoms with van der Waals surface area (Å²) < 4.78 is 0. The van der Waals surface area contributed by atoms with Crippen LogP contribution >= 0.6 is 11.6 Å². The van der Waals surface area contributed by atoms with Gasteiger partial charge in [0.05, 0.1) is 0 Å². The van der Waals surface area contributed by atoms with Crippen LogP contribution in [0.15, 0.2) is 54.6 Å². The first-order valence-corrected chi connectivity index (χ1v) is 8.03. The molecule has 1 amide bonds. The maximum absolute atomic E-state index is 11.9. The van der Waals surface area contributed by atoms with E-state index in [9.17, 15) is 4.79 Å². The summed E-state index contributed by atoms with van der Waals surface area (Å²) in [6.45, 7) is 7.07. The third-order valence-corrected chi connectivity index (χ3v) is 3.80. The molecule has 0 heterocycles. The van der Waals surface area contributed by atoms with Crippen LogP contribution in [-0.2, 0) is 16.8 Å². The van der Waals surface area contributed by atoms with Gasteiger partial charge in [0, 0.05) is 17.6 Å². The highest BCUT2D eigenvalue weighted by Crippen LogP contribution is 2.22. The number of rotatable bonds is 4. The van der Waals surface area contributed by atoms with Gasteiger partial charge in [0.15, 0.2) is 0 Å².